The van der Waals surface area contributed by atoms with Gasteiger partial charge in [0.15, 0.2) is 0 Å². The third-order valence-corrected chi connectivity index (χ3v) is 4.83. The molecule has 6 heteroatoms. The van der Waals surface area contributed by atoms with Gasteiger partial charge in [0.2, 0.25) is 5.91 Å². The number of hydrogen-bond donors (Lipinski definition) is 1. The van der Waals surface area contributed by atoms with Gasteiger partial charge >= 0.3 is 0 Å². The molecule has 0 spiro atoms. The zero-order valence-electron chi connectivity index (χ0n) is 12.8. The summed E-state index contributed by atoms with van der Waals surface area (Å²) in [5, 5.41) is 3.31. The maximum atomic E-state index is 12.1. The topological polar surface area (TPSA) is 35.6 Å². The van der Waals surface area contributed by atoms with Gasteiger partial charge in [-0.2, -0.15) is 0 Å². The van der Waals surface area contributed by atoms with Crippen LogP contribution in [0.15, 0.2) is 0 Å². The lowest BCUT2D eigenvalue weighted by Crippen LogP contribution is -2.43. The van der Waals surface area contributed by atoms with Gasteiger partial charge in [0.05, 0.1) is 6.54 Å². The first-order chi connectivity index (χ1) is 9.33. The van der Waals surface area contributed by atoms with Crippen LogP contribution in [0.3, 0.4) is 0 Å². The third kappa shape index (κ3) is 5.59. The van der Waals surface area contributed by atoms with E-state index >= 15 is 0 Å². The molecule has 0 radical (unpaired) electrons. The highest BCUT2D eigenvalue weighted by Gasteiger charge is 2.30. The minimum absolute atomic E-state index is 0. The number of nitrogens with zero attached hydrogens (tertiary/aromatic N) is 2. The second kappa shape index (κ2) is 9.19. The quantitative estimate of drug-likeness (QED) is 0.832. The molecule has 1 unspecified atom stereocenters. The summed E-state index contributed by atoms with van der Waals surface area (Å²) in [5.74, 6) is 1.16. The average Bonchev–Trinajstić information content (AvgIpc) is 3.13. The zero-order valence-corrected chi connectivity index (χ0v) is 14.4. The van der Waals surface area contributed by atoms with Crippen LogP contribution in [0, 0.1) is 5.92 Å². The first-order valence-electron chi connectivity index (χ1n) is 8.05. The molecule has 3 fully saturated rings. The van der Waals surface area contributed by atoms with E-state index in [-0.39, 0.29) is 24.8 Å². The van der Waals surface area contributed by atoms with Crippen molar-refractivity contribution in [1.82, 2.24) is 15.1 Å². The standard InChI is InChI=1S/C15H27N3O.2ClH/c19-15(11-16-10-13-4-5-13)18-9-6-14(12-18)17-7-2-1-3-8-17;;/h13-14,16H,1-12H2;2*1H. The van der Waals surface area contributed by atoms with E-state index in [1.165, 1.54) is 51.6 Å². The number of amides is 1. The summed E-state index contributed by atoms with van der Waals surface area (Å²) in [5.41, 5.74) is 0. The van der Waals surface area contributed by atoms with E-state index in [1.54, 1.807) is 0 Å². The summed E-state index contributed by atoms with van der Waals surface area (Å²) in [6.45, 7) is 5.99. The zero-order chi connectivity index (χ0) is 13.1. The average molecular weight is 338 g/mol. The van der Waals surface area contributed by atoms with E-state index in [4.69, 9.17) is 0 Å². The normalized spacial score (nSPS) is 26.1. The van der Waals surface area contributed by atoms with Crippen LogP contribution >= 0.6 is 24.8 Å². The van der Waals surface area contributed by atoms with E-state index in [0.29, 0.717) is 18.5 Å². The highest BCUT2D eigenvalue weighted by atomic mass is 35.5. The fourth-order valence-electron chi connectivity index (χ4n) is 3.37. The van der Waals surface area contributed by atoms with Crippen molar-refractivity contribution in [3.05, 3.63) is 0 Å². The molecule has 1 amide bonds. The van der Waals surface area contributed by atoms with Crippen molar-refractivity contribution < 1.29 is 4.79 Å². The predicted octanol–water partition coefficient (Wildman–Crippen LogP) is 1.92. The third-order valence-electron chi connectivity index (χ3n) is 4.83. The van der Waals surface area contributed by atoms with Crippen LogP contribution in [0.25, 0.3) is 0 Å². The molecular formula is C15H29Cl2N3O. The van der Waals surface area contributed by atoms with Gasteiger partial charge in [-0.15, -0.1) is 24.8 Å². The Morgan fingerprint density at radius 3 is 2.38 bits per heavy atom. The van der Waals surface area contributed by atoms with Gasteiger partial charge < -0.3 is 10.2 Å². The van der Waals surface area contributed by atoms with Crippen molar-refractivity contribution in [2.45, 2.75) is 44.6 Å². The smallest absolute Gasteiger partial charge is 0.236 e. The molecule has 124 valence electrons. The maximum Gasteiger partial charge on any atom is 0.236 e. The molecule has 0 aromatic carbocycles. The number of nitrogens with one attached hydrogen (secondary N) is 1. The predicted molar refractivity (Wildman–Crippen MR) is 90.5 cm³/mol. The second-order valence-electron chi connectivity index (χ2n) is 6.45. The van der Waals surface area contributed by atoms with Crippen LogP contribution in [-0.4, -0.2) is 61.0 Å². The molecule has 0 bridgehead atoms. The molecule has 21 heavy (non-hydrogen) atoms. The minimum Gasteiger partial charge on any atom is -0.340 e. The molecule has 0 aromatic heterocycles. The Morgan fingerprint density at radius 1 is 1.00 bits per heavy atom. The number of carbonyl (C=O) groups excluding carboxylic acids is 1. The Balaban J connectivity index is 0.00000110. The van der Waals surface area contributed by atoms with Crippen molar-refractivity contribution in [3.8, 4) is 0 Å². The van der Waals surface area contributed by atoms with E-state index in [2.05, 4.69) is 15.1 Å². The number of rotatable bonds is 5. The molecule has 1 atom stereocenters. The van der Waals surface area contributed by atoms with Crippen LogP contribution in [0.4, 0.5) is 0 Å². The Labute approximate surface area is 140 Å². The number of hydrogen-bond acceptors (Lipinski definition) is 3. The van der Waals surface area contributed by atoms with E-state index in [1.807, 2.05) is 0 Å². The summed E-state index contributed by atoms with van der Waals surface area (Å²) < 4.78 is 0. The van der Waals surface area contributed by atoms with Crippen LogP contribution in [0.1, 0.15) is 38.5 Å². The molecule has 0 aromatic rings. The molecule has 3 rings (SSSR count). The van der Waals surface area contributed by atoms with Gasteiger partial charge in [0.1, 0.15) is 0 Å². The van der Waals surface area contributed by atoms with Crippen molar-refractivity contribution in [2.75, 3.05) is 39.3 Å². The maximum absolute atomic E-state index is 12.1. The van der Waals surface area contributed by atoms with Gasteiger partial charge in [-0.25, -0.2) is 0 Å². The lowest BCUT2D eigenvalue weighted by atomic mass is 10.1. The summed E-state index contributed by atoms with van der Waals surface area (Å²) in [6.07, 6.45) is 7.94. The SMILES string of the molecule is Cl.Cl.O=C(CNCC1CC1)N1CCC(N2CCCCC2)C1. The Bertz CT molecular complexity index is 320. The summed E-state index contributed by atoms with van der Waals surface area (Å²) in [7, 11) is 0. The van der Waals surface area contributed by atoms with Crippen molar-refractivity contribution >= 4 is 30.7 Å². The monoisotopic (exact) mass is 337 g/mol. The number of carbonyl (C=O) groups is 1. The molecule has 1 saturated carbocycles. The lowest BCUT2D eigenvalue weighted by molar-refractivity contribution is -0.129. The highest BCUT2D eigenvalue weighted by Crippen LogP contribution is 2.27. The minimum atomic E-state index is 0. The molecule has 1 aliphatic carbocycles. The summed E-state index contributed by atoms with van der Waals surface area (Å²) in [6, 6.07) is 0.632. The van der Waals surface area contributed by atoms with Gasteiger partial charge in [-0.3, -0.25) is 9.69 Å². The Kier molecular flexibility index (Phi) is 8.32. The first kappa shape index (κ1) is 19.0. The van der Waals surface area contributed by atoms with E-state index < -0.39 is 0 Å². The number of likely N-dealkylation sites (tertiary alicyclic amines) is 2. The second-order valence-corrected chi connectivity index (χ2v) is 6.45. The highest BCUT2D eigenvalue weighted by molar-refractivity contribution is 5.85. The van der Waals surface area contributed by atoms with E-state index in [0.717, 1.165) is 25.6 Å². The van der Waals surface area contributed by atoms with Crippen LogP contribution < -0.4 is 5.32 Å². The largest absolute Gasteiger partial charge is 0.340 e. The lowest BCUT2D eigenvalue weighted by Gasteiger charge is -2.32. The molecule has 4 nitrogen and oxygen atoms in total. The van der Waals surface area contributed by atoms with Gasteiger partial charge in [-0.1, -0.05) is 6.42 Å². The first-order valence-corrected chi connectivity index (χ1v) is 8.05. The number of halogens is 2. The van der Waals surface area contributed by atoms with Gasteiger partial charge in [0.25, 0.3) is 0 Å². The van der Waals surface area contributed by atoms with Crippen molar-refractivity contribution in [3.63, 3.8) is 0 Å². The molecule has 3 aliphatic rings. The summed E-state index contributed by atoms with van der Waals surface area (Å²) in [4.78, 5) is 16.8. The van der Waals surface area contributed by atoms with Crippen LogP contribution in [0.2, 0.25) is 0 Å². The van der Waals surface area contributed by atoms with E-state index in [9.17, 15) is 4.79 Å². The number of piperidine rings is 1. The fraction of sp³-hybridized carbons (Fsp3) is 0.933. The molecule has 2 saturated heterocycles. The molecule has 2 heterocycles. The fourth-order valence-corrected chi connectivity index (χ4v) is 3.37. The van der Waals surface area contributed by atoms with Gasteiger partial charge in [-0.05, 0) is 57.7 Å². The molecular weight excluding hydrogens is 309 g/mol. The molecule has 1 N–H and O–H groups in total. The van der Waals surface area contributed by atoms with Crippen molar-refractivity contribution in [1.29, 1.82) is 0 Å². The molecule has 2 aliphatic heterocycles. The van der Waals surface area contributed by atoms with Crippen LogP contribution in [0.5, 0.6) is 0 Å². The van der Waals surface area contributed by atoms with Gasteiger partial charge in [0, 0.05) is 19.1 Å². The van der Waals surface area contributed by atoms with Crippen LogP contribution in [-0.2, 0) is 4.79 Å². The van der Waals surface area contributed by atoms with Crippen molar-refractivity contribution in [2.24, 2.45) is 5.92 Å². The Hall–Kier alpha value is -0.0300. The summed E-state index contributed by atoms with van der Waals surface area (Å²) >= 11 is 0. The Morgan fingerprint density at radius 2 is 1.71 bits per heavy atom.